The van der Waals surface area contributed by atoms with Crippen molar-refractivity contribution in [2.24, 2.45) is 5.92 Å². The van der Waals surface area contributed by atoms with Crippen LogP contribution in [0.1, 0.15) is 32.3 Å². The molecule has 0 spiro atoms. The van der Waals surface area contributed by atoms with Gasteiger partial charge < -0.3 is 10.2 Å². The van der Waals surface area contributed by atoms with E-state index in [0.29, 0.717) is 25.9 Å². The van der Waals surface area contributed by atoms with Gasteiger partial charge in [0.1, 0.15) is 0 Å². The molecule has 1 saturated heterocycles. The zero-order valence-electron chi connectivity index (χ0n) is 14.1. The van der Waals surface area contributed by atoms with E-state index in [1.54, 1.807) is 11.8 Å². The molecule has 0 aliphatic carbocycles. The van der Waals surface area contributed by atoms with Crippen LogP contribution in [0, 0.1) is 17.2 Å². The van der Waals surface area contributed by atoms with Gasteiger partial charge in [0.05, 0.1) is 11.6 Å². The van der Waals surface area contributed by atoms with Crippen LogP contribution >= 0.6 is 11.8 Å². The second-order valence-corrected chi connectivity index (χ2v) is 7.12. The van der Waals surface area contributed by atoms with Crippen LogP contribution in [0.3, 0.4) is 0 Å². The summed E-state index contributed by atoms with van der Waals surface area (Å²) in [6.07, 6.45) is 3.15. The van der Waals surface area contributed by atoms with E-state index >= 15 is 0 Å². The Labute approximate surface area is 143 Å². The molecule has 124 valence electrons. The molecular weight excluding hydrogens is 306 g/mol. The number of rotatable bonds is 5. The van der Waals surface area contributed by atoms with Crippen molar-refractivity contribution in [2.75, 3.05) is 25.9 Å². The smallest absolute Gasteiger partial charge is 0.225 e. The third-order valence-corrected chi connectivity index (χ3v) is 5.23. The van der Waals surface area contributed by atoms with Crippen molar-refractivity contribution in [1.29, 1.82) is 5.26 Å². The van der Waals surface area contributed by atoms with Gasteiger partial charge in [-0.05, 0) is 30.4 Å². The van der Waals surface area contributed by atoms with E-state index in [9.17, 15) is 4.79 Å². The van der Waals surface area contributed by atoms with Gasteiger partial charge in [0.15, 0.2) is 0 Å². The van der Waals surface area contributed by atoms with Gasteiger partial charge in [-0.3, -0.25) is 4.79 Å². The van der Waals surface area contributed by atoms with Gasteiger partial charge in [-0.25, -0.2) is 0 Å². The minimum atomic E-state index is -0.424. The highest BCUT2D eigenvalue weighted by atomic mass is 32.2. The Bertz CT molecular complexity index is 579. The summed E-state index contributed by atoms with van der Waals surface area (Å²) in [7, 11) is 0. The normalized spacial score (nSPS) is 21.3. The molecule has 0 aromatic heterocycles. The predicted molar refractivity (Wildman–Crippen MR) is 94.2 cm³/mol. The molecule has 1 atom stereocenters. The number of thioether (sulfide) groups is 1. The summed E-state index contributed by atoms with van der Waals surface area (Å²) in [5, 5.41) is 12.5. The lowest BCUT2D eigenvalue weighted by atomic mass is 9.81. The monoisotopic (exact) mass is 331 g/mol. The van der Waals surface area contributed by atoms with Gasteiger partial charge in [-0.2, -0.15) is 5.26 Å². The Morgan fingerprint density at radius 1 is 1.43 bits per heavy atom. The largest absolute Gasteiger partial charge is 0.330 e. The summed E-state index contributed by atoms with van der Waals surface area (Å²) in [6.45, 7) is 6.07. The first-order valence-corrected chi connectivity index (χ1v) is 9.31. The van der Waals surface area contributed by atoms with Crippen LogP contribution < -0.4 is 5.32 Å². The van der Waals surface area contributed by atoms with E-state index < -0.39 is 5.54 Å². The second kappa shape index (κ2) is 7.85. The van der Waals surface area contributed by atoms with E-state index in [1.165, 1.54) is 4.90 Å². The number of carbonyl (C=O) groups excluding carboxylic acids is 1. The molecule has 0 bridgehead atoms. The molecule has 5 heteroatoms. The number of nitrogens with one attached hydrogen (secondary N) is 1. The Kier molecular flexibility index (Phi) is 6.09. The molecule has 23 heavy (non-hydrogen) atoms. The number of carbonyl (C=O) groups is 1. The van der Waals surface area contributed by atoms with E-state index in [4.69, 9.17) is 5.26 Å². The summed E-state index contributed by atoms with van der Waals surface area (Å²) in [5.41, 5.74) is 0.693. The number of hydrogen-bond acceptors (Lipinski definition) is 4. The first kappa shape index (κ1) is 17.8. The topological polar surface area (TPSA) is 56.1 Å². The van der Waals surface area contributed by atoms with Crippen molar-refractivity contribution in [2.45, 2.75) is 37.1 Å². The zero-order valence-corrected chi connectivity index (χ0v) is 14.9. The molecule has 1 heterocycles. The lowest BCUT2D eigenvalue weighted by molar-refractivity contribution is -0.143. The summed E-state index contributed by atoms with van der Waals surface area (Å²) in [6, 6.07) is 10.7. The second-order valence-electron chi connectivity index (χ2n) is 6.24. The van der Waals surface area contributed by atoms with E-state index in [2.05, 4.69) is 41.9 Å². The first-order valence-electron chi connectivity index (χ1n) is 8.09. The maximum atomic E-state index is 12.8. The fourth-order valence-corrected chi connectivity index (χ4v) is 3.63. The molecule has 1 aromatic carbocycles. The molecule has 4 nitrogen and oxygen atoms in total. The molecule has 1 aromatic rings. The molecule has 0 saturated carbocycles. The van der Waals surface area contributed by atoms with Gasteiger partial charge in [-0.15, -0.1) is 11.8 Å². The summed E-state index contributed by atoms with van der Waals surface area (Å²) in [4.78, 5) is 16.0. The van der Waals surface area contributed by atoms with E-state index in [1.807, 2.05) is 18.7 Å². The lowest BCUT2D eigenvalue weighted by Gasteiger charge is -2.48. The number of nitriles is 1. The highest BCUT2D eigenvalue weighted by Gasteiger charge is 2.43. The number of nitrogens with zero attached hydrogens (tertiary/aromatic N) is 2. The minimum Gasteiger partial charge on any atom is -0.330 e. The van der Waals surface area contributed by atoms with Crippen molar-refractivity contribution in [3.63, 3.8) is 0 Å². The highest BCUT2D eigenvalue weighted by Crippen LogP contribution is 2.36. The zero-order chi connectivity index (χ0) is 16.9. The molecule has 1 aliphatic rings. The maximum Gasteiger partial charge on any atom is 0.225 e. The van der Waals surface area contributed by atoms with Crippen molar-refractivity contribution in [1.82, 2.24) is 10.2 Å². The van der Waals surface area contributed by atoms with Crippen LogP contribution in [0.25, 0.3) is 0 Å². The quantitative estimate of drug-likeness (QED) is 0.843. The number of hydrogen-bond donors (Lipinski definition) is 1. The molecule has 1 amide bonds. The Morgan fingerprint density at radius 3 is 2.70 bits per heavy atom. The third kappa shape index (κ3) is 3.70. The van der Waals surface area contributed by atoms with Gasteiger partial charge >= 0.3 is 0 Å². The number of amides is 1. The van der Waals surface area contributed by atoms with Crippen LogP contribution in [0.5, 0.6) is 0 Å². The van der Waals surface area contributed by atoms with Gasteiger partial charge in [-0.1, -0.05) is 26.0 Å². The average molecular weight is 331 g/mol. The predicted octanol–water partition coefficient (Wildman–Crippen LogP) is 3.00. The van der Waals surface area contributed by atoms with Crippen molar-refractivity contribution in [3.8, 4) is 6.07 Å². The van der Waals surface area contributed by atoms with Crippen LogP contribution in [0.4, 0.5) is 0 Å². The fraction of sp³-hybridized carbons (Fsp3) is 0.556. The molecule has 1 unspecified atom stereocenters. The molecule has 2 rings (SSSR count). The summed E-state index contributed by atoms with van der Waals surface area (Å²) >= 11 is 1.70. The SMILES string of the molecule is CSc1ccc(C2(CCC#N)CNCCN2C(=O)C(C)C)cc1. The molecule has 1 aliphatic heterocycles. The van der Waals surface area contributed by atoms with Crippen molar-refractivity contribution >= 4 is 17.7 Å². The minimum absolute atomic E-state index is 0.0416. The Balaban J connectivity index is 2.46. The van der Waals surface area contributed by atoms with E-state index in [-0.39, 0.29) is 11.8 Å². The Hall–Kier alpha value is -1.51. The van der Waals surface area contributed by atoms with Gasteiger partial charge in [0, 0.05) is 36.9 Å². The van der Waals surface area contributed by atoms with E-state index in [0.717, 1.165) is 12.1 Å². The molecular formula is C18H25N3OS. The van der Waals surface area contributed by atoms with Crippen molar-refractivity contribution < 1.29 is 4.79 Å². The number of benzene rings is 1. The van der Waals surface area contributed by atoms with Crippen LogP contribution in [0.2, 0.25) is 0 Å². The standard InChI is InChI=1S/C18H25N3OS/c1-14(2)17(22)21-12-11-20-13-18(21,9-4-10-19)15-5-7-16(23-3)8-6-15/h5-8,14,20H,4,9,11-13H2,1-3H3. The maximum absolute atomic E-state index is 12.8. The van der Waals surface area contributed by atoms with Crippen LogP contribution in [0.15, 0.2) is 29.2 Å². The highest BCUT2D eigenvalue weighted by molar-refractivity contribution is 7.98. The molecule has 0 radical (unpaired) electrons. The molecule has 1 fully saturated rings. The lowest BCUT2D eigenvalue weighted by Crippen LogP contribution is -2.61. The third-order valence-electron chi connectivity index (χ3n) is 4.48. The summed E-state index contributed by atoms with van der Waals surface area (Å²) < 4.78 is 0. The Morgan fingerprint density at radius 2 is 2.13 bits per heavy atom. The molecule has 1 N–H and O–H groups in total. The van der Waals surface area contributed by atoms with Gasteiger partial charge in [0.2, 0.25) is 5.91 Å². The van der Waals surface area contributed by atoms with Crippen molar-refractivity contribution in [3.05, 3.63) is 29.8 Å². The van der Waals surface area contributed by atoms with Gasteiger partial charge in [0.25, 0.3) is 0 Å². The number of piperazine rings is 1. The van der Waals surface area contributed by atoms with Crippen LogP contribution in [-0.2, 0) is 10.3 Å². The fourth-order valence-electron chi connectivity index (χ4n) is 3.22. The van der Waals surface area contributed by atoms with Crippen LogP contribution in [-0.4, -0.2) is 36.7 Å². The first-order chi connectivity index (χ1) is 11.0. The summed E-state index contributed by atoms with van der Waals surface area (Å²) in [5.74, 6) is 0.124. The average Bonchev–Trinajstić information content (AvgIpc) is 2.59.